The van der Waals surface area contributed by atoms with E-state index < -0.39 is 5.82 Å². The molecule has 2 rings (SSSR count). The summed E-state index contributed by atoms with van der Waals surface area (Å²) in [5.74, 6) is 0.182. The minimum atomic E-state index is -0.410. The Hall–Kier alpha value is -2.08. The molecule has 5 N–H and O–H groups in total. The highest BCUT2D eigenvalue weighted by Gasteiger charge is 2.05. The van der Waals surface area contributed by atoms with Crippen LogP contribution < -0.4 is 16.8 Å². The molecule has 0 amide bonds. The van der Waals surface area contributed by atoms with E-state index in [-0.39, 0.29) is 11.8 Å². The average molecular weight is 254 g/mol. The van der Waals surface area contributed by atoms with Gasteiger partial charge in [-0.1, -0.05) is 11.6 Å². The maximum Gasteiger partial charge on any atom is 0.223 e. The molecule has 1 aromatic heterocycles. The van der Waals surface area contributed by atoms with E-state index in [0.29, 0.717) is 16.5 Å². The topological polar surface area (TPSA) is 89.8 Å². The van der Waals surface area contributed by atoms with Crippen LogP contribution in [0.1, 0.15) is 0 Å². The van der Waals surface area contributed by atoms with Crippen molar-refractivity contribution in [3.8, 4) is 0 Å². The monoisotopic (exact) mass is 253 g/mol. The van der Waals surface area contributed by atoms with Gasteiger partial charge in [-0.2, -0.15) is 9.97 Å². The molecule has 1 aromatic carbocycles. The molecular weight excluding hydrogens is 245 g/mol. The second-order valence-corrected chi connectivity index (χ2v) is 3.69. The van der Waals surface area contributed by atoms with Crippen LogP contribution in [0.3, 0.4) is 0 Å². The molecule has 0 aliphatic carbocycles. The van der Waals surface area contributed by atoms with Gasteiger partial charge in [0.2, 0.25) is 5.95 Å². The molecule has 88 valence electrons. The average Bonchev–Trinajstić information content (AvgIpc) is 2.22. The van der Waals surface area contributed by atoms with Gasteiger partial charge in [-0.25, -0.2) is 4.39 Å². The summed E-state index contributed by atoms with van der Waals surface area (Å²) in [4.78, 5) is 7.61. The second kappa shape index (κ2) is 4.42. The first-order valence-electron chi connectivity index (χ1n) is 4.67. The number of hydrogen-bond acceptors (Lipinski definition) is 5. The van der Waals surface area contributed by atoms with Crippen LogP contribution in [0.2, 0.25) is 5.02 Å². The van der Waals surface area contributed by atoms with Crippen LogP contribution in [0.25, 0.3) is 0 Å². The Balaban J connectivity index is 2.34. The van der Waals surface area contributed by atoms with Crippen LogP contribution in [0.4, 0.5) is 27.7 Å². The molecule has 0 radical (unpaired) electrons. The smallest absolute Gasteiger partial charge is 0.223 e. The van der Waals surface area contributed by atoms with Crippen LogP contribution in [-0.2, 0) is 0 Å². The lowest BCUT2D eigenvalue weighted by molar-refractivity contribution is 0.628. The molecule has 5 nitrogen and oxygen atoms in total. The normalized spacial score (nSPS) is 10.2. The highest BCUT2D eigenvalue weighted by atomic mass is 35.5. The van der Waals surface area contributed by atoms with Crippen LogP contribution in [0.15, 0.2) is 24.3 Å². The molecule has 1 heterocycles. The number of halogens is 2. The fourth-order valence-corrected chi connectivity index (χ4v) is 1.45. The minimum absolute atomic E-state index is 0.0278. The molecule has 0 spiro atoms. The minimum Gasteiger partial charge on any atom is -0.383 e. The van der Waals surface area contributed by atoms with Gasteiger partial charge in [-0.3, -0.25) is 0 Å². The number of nitrogens with zero attached hydrogens (tertiary/aromatic N) is 2. The third kappa shape index (κ3) is 2.73. The number of aromatic nitrogens is 2. The third-order valence-corrected chi connectivity index (χ3v) is 2.28. The Kier molecular flexibility index (Phi) is 2.97. The van der Waals surface area contributed by atoms with Crippen molar-refractivity contribution in [3.63, 3.8) is 0 Å². The third-order valence-electron chi connectivity index (χ3n) is 1.95. The van der Waals surface area contributed by atoms with Crippen molar-refractivity contribution in [3.05, 3.63) is 35.1 Å². The van der Waals surface area contributed by atoms with Gasteiger partial charge in [-0.05, 0) is 18.2 Å². The molecular formula is C10H9ClFN5. The molecule has 0 bridgehead atoms. The van der Waals surface area contributed by atoms with Gasteiger partial charge in [0.1, 0.15) is 17.5 Å². The van der Waals surface area contributed by atoms with Crippen molar-refractivity contribution in [2.75, 3.05) is 16.8 Å². The van der Waals surface area contributed by atoms with Crippen molar-refractivity contribution in [1.29, 1.82) is 0 Å². The van der Waals surface area contributed by atoms with E-state index in [1.54, 1.807) is 0 Å². The summed E-state index contributed by atoms with van der Waals surface area (Å²) in [5, 5.41) is 3.17. The van der Waals surface area contributed by atoms with Crippen LogP contribution in [-0.4, -0.2) is 9.97 Å². The van der Waals surface area contributed by atoms with Crippen molar-refractivity contribution >= 4 is 34.9 Å². The number of nitrogens with two attached hydrogens (primary N) is 2. The van der Waals surface area contributed by atoms with Crippen LogP contribution in [0.5, 0.6) is 0 Å². The lowest BCUT2D eigenvalue weighted by atomic mass is 10.3. The lowest BCUT2D eigenvalue weighted by Crippen LogP contribution is -2.03. The molecule has 0 saturated carbocycles. The SMILES string of the molecule is Nc1cc(Nc2cc(F)ccc2Cl)nc(N)n1. The fraction of sp³-hybridized carbons (Fsp3) is 0. The van der Waals surface area contributed by atoms with E-state index in [0.717, 1.165) is 0 Å². The van der Waals surface area contributed by atoms with Crippen LogP contribution >= 0.6 is 11.6 Å². The van der Waals surface area contributed by atoms with Gasteiger partial charge in [-0.15, -0.1) is 0 Å². The van der Waals surface area contributed by atoms with Gasteiger partial charge in [0.15, 0.2) is 0 Å². The summed E-state index contributed by atoms with van der Waals surface area (Å²) in [6.07, 6.45) is 0. The van der Waals surface area contributed by atoms with Crippen LogP contribution in [0, 0.1) is 5.82 Å². The van der Waals surface area contributed by atoms with E-state index >= 15 is 0 Å². The highest BCUT2D eigenvalue weighted by molar-refractivity contribution is 6.33. The molecule has 2 aromatic rings. The number of anilines is 4. The Labute approximate surface area is 102 Å². The van der Waals surface area contributed by atoms with Gasteiger partial charge in [0.05, 0.1) is 10.7 Å². The molecule has 0 aliphatic rings. The van der Waals surface area contributed by atoms with Crippen molar-refractivity contribution in [2.24, 2.45) is 0 Å². The molecule has 7 heteroatoms. The van der Waals surface area contributed by atoms with Gasteiger partial charge >= 0.3 is 0 Å². The molecule has 0 unspecified atom stereocenters. The maximum absolute atomic E-state index is 13.0. The first-order valence-corrected chi connectivity index (χ1v) is 5.04. The molecule has 0 saturated heterocycles. The van der Waals surface area contributed by atoms with E-state index in [1.165, 1.54) is 24.3 Å². The predicted molar refractivity (Wildman–Crippen MR) is 65.5 cm³/mol. The first kappa shape index (κ1) is 11.4. The Morgan fingerprint density at radius 3 is 2.65 bits per heavy atom. The van der Waals surface area contributed by atoms with E-state index in [1.807, 2.05) is 0 Å². The zero-order chi connectivity index (χ0) is 12.4. The Bertz CT molecular complexity index is 540. The molecule has 0 atom stereocenters. The Morgan fingerprint density at radius 1 is 1.18 bits per heavy atom. The zero-order valence-corrected chi connectivity index (χ0v) is 9.37. The fourth-order valence-electron chi connectivity index (χ4n) is 1.28. The quantitative estimate of drug-likeness (QED) is 0.763. The summed E-state index contributed by atoms with van der Waals surface area (Å²) in [5.41, 5.74) is 11.3. The molecule has 0 aliphatic heterocycles. The largest absolute Gasteiger partial charge is 0.383 e. The van der Waals surface area contributed by atoms with Gasteiger partial charge in [0, 0.05) is 6.07 Å². The first-order chi connectivity index (χ1) is 8.04. The molecule has 17 heavy (non-hydrogen) atoms. The lowest BCUT2D eigenvalue weighted by Gasteiger charge is -2.08. The van der Waals surface area contributed by atoms with E-state index in [9.17, 15) is 4.39 Å². The van der Waals surface area contributed by atoms with Crippen molar-refractivity contribution < 1.29 is 4.39 Å². The summed E-state index contributed by atoms with van der Waals surface area (Å²) in [6, 6.07) is 5.41. The predicted octanol–water partition coefficient (Wildman–Crippen LogP) is 2.18. The van der Waals surface area contributed by atoms with E-state index in [2.05, 4.69) is 15.3 Å². The second-order valence-electron chi connectivity index (χ2n) is 3.29. The maximum atomic E-state index is 13.0. The Morgan fingerprint density at radius 2 is 1.94 bits per heavy atom. The van der Waals surface area contributed by atoms with Gasteiger partial charge < -0.3 is 16.8 Å². The standard InChI is InChI=1S/C10H9ClFN5/c11-6-2-1-5(12)3-7(6)15-9-4-8(13)16-10(14)17-9/h1-4H,(H5,13,14,15,16,17). The van der Waals surface area contributed by atoms with Gasteiger partial charge in [0.25, 0.3) is 0 Å². The highest BCUT2D eigenvalue weighted by Crippen LogP contribution is 2.25. The number of nitrogen functional groups attached to an aromatic ring is 2. The number of hydrogen-bond donors (Lipinski definition) is 3. The summed E-state index contributed by atoms with van der Waals surface area (Å²) < 4.78 is 13.0. The summed E-state index contributed by atoms with van der Waals surface area (Å²) >= 11 is 5.89. The number of rotatable bonds is 2. The van der Waals surface area contributed by atoms with Crippen molar-refractivity contribution in [1.82, 2.24) is 9.97 Å². The molecule has 0 fully saturated rings. The zero-order valence-electron chi connectivity index (χ0n) is 8.61. The number of benzene rings is 1. The van der Waals surface area contributed by atoms with Crippen molar-refractivity contribution in [2.45, 2.75) is 0 Å². The number of nitrogens with one attached hydrogen (secondary N) is 1. The summed E-state index contributed by atoms with van der Waals surface area (Å²) in [7, 11) is 0. The summed E-state index contributed by atoms with van der Waals surface area (Å²) in [6.45, 7) is 0. The van der Waals surface area contributed by atoms with E-state index in [4.69, 9.17) is 23.1 Å².